The topological polar surface area (TPSA) is 61.8 Å². The van der Waals surface area contributed by atoms with Gasteiger partial charge in [-0.05, 0) is 38.0 Å². The zero-order valence-corrected chi connectivity index (χ0v) is 21.5. The van der Waals surface area contributed by atoms with E-state index in [0.717, 1.165) is 51.6 Å². The van der Waals surface area contributed by atoms with E-state index >= 15 is 0 Å². The molecule has 0 aromatic heterocycles. The highest BCUT2D eigenvalue weighted by atomic mass is 16.5. The fourth-order valence-corrected chi connectivity index (χ4v) is 3.84. The van der Waals surface area contributed by atoms with E-state index in [1.54, 1.807) is 7.11 Å². The van der Waals surface area contributed by atoms with Gasteiger partial charge in [-0.1, -0.05) is 84.5 Å². The quantitative estimate of drug-likeness (QED) is 0.112. The molecule has 0 aromatic rings. The van der Waals surface area contributed by atoms with Crippen LogP contribution in [0.1, 0.15) is 129 Å². The first-order valence-corrected chi connectivity index (χ1v) is 13.4. The zero-order valence-electron chi connectivity index (χ0n) is 21.5. The van der Waals surface area contributed by atoms with Gasteiger partial charge in [0.05, 0.1) is 13.2 Å². The normalized spacial score (nSPS) is 12.0. The molecule has 32 heavy (non-hydrogen) atoms. The summed E-state index contributed by atoms with van der Waals surface area (Å²) in [7, 11) is 1.74. The molecule has 0 bridgehead atoms. The Morgan fingerprint density at radius 2 is 1.06 bits per heavy atom. The molecule has 0 aliphatic carbocycles. The average molecular weight is 457 g/mol. The molecule has 0 fully saturated rings. The highest BCUT2D eigenvalue weighted by Gasteiger charge is 2.11. The van der Waals surface area contributed by atoms with Gasteiger partial charge in [-0.3, -0.25) is 9.59 Å². The maximum Gasteiger partial charge on any atom is 0.305 e. The third-order valence-corrected chi connectivity index (χ3v) is 6.01. The average Bonchev–Trinajstić information content (AvgIpc) is 2.79. The molecule has 0 spiro atoms. The van der Waals surface area contributed by atoms with Crippen molar-refractivity contribution >= 4 is 11.9 Å². The molecule has 5 nitrogen and oxygen atoms in total. The van der Waals surface area contributed by atoms with Crippen LogP contribution in [0, 0.1) is 5.92 Å². The van der Waals surface area contributed by atoms with Gasteiger partial charge in [0.1, 0.15) is 0 Å². The van der Waals surface area contributed by atoms with Crippen molar-refractivity contribution in [1.29, 1.82) is 0 Å². The van der Waals surface area contributed by atoms with Crippen molar-refractivity contribution in [3.05, 3.63) is 0 Å². The number of carbonyl (C=O) groups is 2. The monoisotopic (exact) mass is 456 g/mol. The maximum absolute atomic E-state index is 12.0. The molecule has 0 rings (SSSR count). The van der Waals surface area contributed by atoms with Crippen LogP contribution in [-0.2, 0) is 23.8 Å². The third kappa shape index (κ3) is 22.1. The lowest BCUT2D eigenvalue weighted by molar-refractivity contribution is -0.144. The Morgan fingerprint density at radius 3 is 1.69 bits per heavy atom. The van der Waals surface area contributed by atoms with E-state index in [2.05, 4.69) is 13.8 Å². The molecule has 0 N–H and O–H groups in total. The number of hydrogen-bond acceptors (Lipinski definition) is 5. The molecule has 1 unspecified atom stereocenters. The summed E-state index contributed by atoms with van der Waals surface area (Å²) in [4.78, 5) is 23.7. The second kappa shape index (κ2) is 24.5. The third-order valence-electron chi connectivity index (χ3n) is 6.01. The van der Waals surface area contributed by atoms with Crippen LogP contribution in [-0.4, -0.2) is 38.9 Å². The lowest BCUT2D eigenvalue weighted by atomic mass is 9.95. The van der Waals surface area contributed by atoms with Gasteiger partial charge >= 0.3 is 11.9 Å². The molecular weight excluding hydrogens is 404 g/mol. The van der Waals surface area contributed by atoms with Crippen molar-refractivity contribution in [3.63, 3.8) is 0 Å². The molecule has 0 aliphatic rings. The first kappa shape index (κ1) is 30.9. The summed E-state index contributed by atoms with van der Waals surface area (Å²) < 4.78 is 15.9. The molecule has 0 aromatic carbocycles. The van der Waals surface area contributed by atoms with Gasteiger partial charge in [0.2, 0.25) is 0 Å². The van der Waals surface area contributed by atoms with Crippen LogP contribution >= 0.6 is 0 Å². The van der Waals surface area contributed by atoms with Gasteiger partial charge in [0.15, 0.2) is 0 Å². The Kier molecular flexibility index (Phi) is 23.7. The molecule has 0 aliphatic heterocycles. The summed E-state index contributed by atoms with van der Waals surface area (Å²) in [5.41, 5.74) is 0. The summed E-state index contributed by atoms with van der Waals surface area (Å²) in [6.45, 7) is 6.26. The van der Waals surface area contributed by atoms with Crippen LogP contribution in [0.2, 0.25) is 0 Å². The maximum atomic E-state index is 12.0. The fraction of sp³-hybridized carbons (Fsp3) is 0.926. The van der Waals surface area contributed by atoms with Crippen molar-refractivity contribution in [2.45, 2.75) is 129 Å². The van der Waals surface area contributed by atoms with Crippen molar-refractivity contribution in [1.82, 2.24) is 0 Å². The van der Waals surface area contributed by atoms with Crippen LogP contribution in [0.5, 0.6) is 0 Å². The molecule has 5 heteroatoms. The SMILES string of the molecule is CCCCCCCCOC(=O)CCCCCC(=O)OCCC(CCCCCC)CCOC. The van der Waals surface area contributed by atoms with Gasteiger partial charge in [0, 0.05) is 26.6 Å². The van der Waals surface area contributed by atoms with Crippen LogP contribution in [0.3, 0.4) is 0 Å². The van der Waals surface area contributed by atoms with Crippen molar-refractivity contribution < 1.29 is 23.8 Å². The van der Waals surface area contributed by atoms with E-state index < -0.39 is 0 Å². The smallest absolute Gasteiger partial charge is 0.305 e. The standard InChI is InChI=1S/C27H52O5/c1-4-6-8-10-11-16-22-31-26(28)18-14-12-15-19-27(29)32-24-21-25(20-23-30-3)17-13-9-7-5-2/h25H,4-24H2,1-3H3. The van der Waals surface area contributed by atoms with Crippen LogP contribution < -0.4 is 0 Å². The molecule has 0 radical (unpaired) electrons. The second-order valence-electron chi connectivity index (χ2n) is 9.05. The Bertz CT molecular complexity index is 424. The van der Waals surface area contributed by atoms with E-state index in [9.17, 15) is 9.59 Å². The molecule has 190 valence electrons. The van der Waals surface area contributed by atoms with Crippen molar-refractivity contribution in [3.8, 4) is 0 Å². The van der Waals surface area contributed by atoms with E-state index in [4.69, 9.17) is 14.2 Å². The summed E-state index contributed by atoms with van der Waals surface area (Å²) >= 11 is 0. The zero-order chi connectivity index (χ0) is 23.7. The minimum Gasteiger partial charge on any atom is -0.466 e. The lowest BCUT2D eigenvalue weighted by Gasteiger charge is -2.16. The van der Waals surface area contributed by atoms with Crippen molar-refractivity contribution in [2.75, 3.05) is 26.9 Å². The number of esters is 2. The van der Waals surface area contributed by atoms with E-state index in [0.29, 0.717) is 32.0 Å². The minimum absolute atomic E-state index is 0.109. The van der Waals surface area contributed by atoms with Crippen LogP contribution in [0.4, 0.5) is 0 Å². The first-order chi connectivity index (χ1) is 15.6. The fourth-order valence-electron chi connectivity index (χ4n) is 3.84. The van der Waals surface area contributed by atoms with Gasteiger partial charge in [0.25, 0.3) is 0 Å². The Labute approximate surface area is 198 Å². The summed E-state index contributed by atoms with van der Waals surface area (Å²) in [6, 6.07) is 0. The number of hydrogen-bond donors (Lipinski definition) is 0. The van der Waals surface area contributed by atoms with Gasteiger partial charge < -0.3 is 14.2 Å². The lowest BCUT2D eigenvalue weighted by Crippen LogP contribution is -2.12. The van der Waals surface area contributed by atoms with Crippen LogP contribution in [0.25, 0.3) is 0 Å². The van der Waals surface area contributed by atoms with Gasteiger partial charge in [-0.2, -0.15) is 0 Å². The largest absolute Gasteiger partial charge is 0.466 e. The first-order valence-electron chi connectivity index (χ1n) is 13.4. The summed E-state index contributed by atoms with van der Waals surface area (Å²) in [5.74, 6) is 0.344. The Balaban J connectivity index is 3.64. The van der Waals surface area contributed by atoms with E-state index in [-0.39, 0.29) is 11.9 Å². The Hall–Kier alpha value is -1.10. The predicted molar refractivity (Wildman–Crippen MR) is 132 cm³/mol. The van der Waals surface area contributed by atoms with Gasteiger partial charge in [-0.15, -0.1) is 0 Å². The summed E-state index contributed by atoms with van der Waals surface area (Å²) in [5, 5.41) is 0. The van der Waals surface area contributed by atoms with E-state index in [1.165, 1.54) is 57.8 Å². The van der Waals surface area contributed by atoms with Crippen LogP contribution in [0.15, 0.2) is 0 Å². The molecule has 0 amide bonds. The predicted octanol–water partition coefficient (Wildman–Crippen LogP) is 7.40. The molecule has 0 saturated carbocycles. The van der Waals surface area contributed by atoms with E-state index in [1.807, 2.05) is 0 Å². The molecule has 1 atom stereocenters. The molecular formula is C27H52O5. The van der Waals surface area contributed by atoms with Gasteiger partial charge in [-0.25, -0.2) is 0 Å². The number of rotatable bonds is 24. The number of ether oxygens (including phenoxy) is 3. The molecule has 0 heterocycles. The minimum atomic E-state index is -0.118. The number of methoxy groups -OCH3 is 1. The second-order valence-corrected chi connectivity index (χ2v) is 9.05. The summed E-state index contributed by atoms with van der Waals surface area (Å²) in [6.07, 6.45) is 18.7. The van der Waals surface area contributed by atoms with Crippen molar-refractivity contribution in [2.24, 2.45) is 5.92 Å². The highest BCUT2D eigenvalue weighted by Crippen LogP contribution is 2.18. The highest BCUT2D eigenvalue weighted by molar-refractivity contribution is 5.69. The molecule has 0 saturated heterocycles. The Morgan fingerprint density at radius 1 is 0.562 bits per heavy atom. The number of unbranched alkanes of at least 4 members (excludes halogenated alkanes) is 10. The number of carbonyl (C=O) groups excluding carboxylic acids is 2.